The topological polar surface area (TPSA) is 87.0 Å². The molecule has 8 nitrogen and oxygen atoms in total. The largest absolute Gasteiger partial charge is 0.368 e. The zero-order chi connectivity index (χ0) is 19.2. The molecular weight excluding hydrogens is 368 g/mol. The maximum absolute atomic E-state index is 13.0. The Morgan fingerprint density at radius 1 is 1.22 bits per heavy atom. The van der Waals surface area contributed by atoms with Gasteiger partial charge in [0.1, 0.15) is 6.04 Å². The van der Waals surface area contributed by atoms with E-state index in [9.17, 15) is 19.7 Å². The molecule has 1 aromatic rings. The maximum Gasteiger partial charge on any atom is 0.269 e. The van der Waals surface area contributed by atoms with Gasteiger partial charge in [0.25, 0.3) is 5.69 Å². The fourth-order valence-corrected chi connectivity index (χ4v) is 5.61. The summed E-state index contributed by atoms with van der Waals surface area (Å²) in [6.07, 6.45) is 1.34. The molecule has 27 heavy (non-hydrogen) atoms. The van der Waals surface area contributed by atoms with Gasteiger partial charge >= 0.3 is 0 Å². The summed E-state index contributed by atoms with van der Waals surface area (Å²) in [5.41, 5.74) is 0.996. The molecule has 3 aliphatic rings. The summed E-state index contributed by atoms with van der Waals surface area (Å²) < 4.78 is 0. The summed E-state index contributed by atoms with van der Waals surface area (Å²) in [5, 5.41) is 10.8. The highest BCUT2D eigenvalue weighted by molar-refractivity contribution is 8.01. The lowest BCUT2D eigenvalue weighted by atomic mass is 10.1. The van der Waals surface area contributed by atoms with Crippen LogP contribution in [0.5, 0.6) is 0 Å². The third-order valence-corrected chi connectivity index (χ3v) is 7.25. The average molecular weight is 390 g/mol. The van der Waals surface area contributed by atoms with Gasteiger partial charge in [-0.2, -0.15) is 0 Å². The van der Waals surface area contributed by atoms with E-state index in [1.165, 1.54) is 12.1 Å². The van der Waals surface area contributed by atoms with E-state index in [1.807, 2.05) is 9.80 Å². The van der Waals surface area contributed by atoms with Crippen LogP contribution < -0.4 is 4.90 Å². The molecule has 2 atom stereocenters. The third-order valence-electron chi connectivity index (χ3n) is 5.75. The first kappa shape index (κ1) is 18.1. The number of nitro benzene ring substituents is 1. The van der Waals surface area contributed by atoms with Crippen molar-refractivity contribution in [3.63, 3.8) is 0 Å². The smallest absolute Gasteiger partial charge is 0.269 e. The van der Waals surface area contributed by atoms with Crippen molar-refractivity contribution in [1.29, 1.82) is 0 Å². The molecule has 3 heterocycles. The lowest BCUT2D eigenvalue weighted by Crippen LogP contribution is -2.56. The molecule has 0 radical (unpaired) electrons. The zero-order valence-electron chi connectivity index (χ0n) is 15.2. The predicted molar refractivity (Wildman–Crippen MR) is 103 cm³/mol. The van der Waals surface area contributed by atoms with Gasteiger partial charge in [-0.15, -0.1) is 11.8 Å². The quantitative estimate of drug-likeness (QED) is 0.577. The summed E-state index contributed by atoms with van der Waals surface area (Å²) >= 11 is 1.71. The monoisotopic (exact) mass is 390 g/mol. The van der Waals surface area contributed by atoms with E-state index >= 15 is 0 Å². The Hall–Kier alpha value is -2.29. The van der Waals surface area contributed by atoms with Crippen LogP contribution in [0.2, 0.25) is 0 Å². The first-order chi connectivity index (χ1) is 12.9. The van der Waals surface area contributed by atoms with Crippen molar-refractivity contribution in [3.8, 4) is 0 Å². The number of non-ortho nitro benzene ring substituents is 1. The summed E-state index contributed by atoms with van der Waals surface area (Å²) in [7, 11) is 0. The number of hydrogen-bond acceptors (Lipinski definition) is 6. The molecule has 144 valence electrons. The molecule has 1 aromatic carbocycles. The normalized spacial score (nSPS) is 27.8. The van der Waals surface area contributed by atoms with Crippen LogP contribution in [0.3, 0.4) is 0 Å². The Balaban J connectivity index is 1.38. The molecule has 3 saturated heterocycles. The molecule has 0 aromatic heterocycles. The van der Waals surface area contributed by atoms with Crippen molar-refractivity contribution in [2.24, 2.45) is 0 Å². The Morgan fingerprint density at radius 2 is 1.89 bits per heavy atom. The number of thioether (sulfide) groups is 1. The molecule has 4 rings (SSSR count). The van der Waals surface area contributed by atoms with E-state index < -0.39 is 4.92 Å². The van der Waals surface area contributed by atoms with Gasteiger partial charge in [0.05, 0.1) is 9.79 Å². The highest BCUT2D eigenvalue weighted by atomic mass is 32.2. The molecule has 3 fully saturated rings. The number of nitro groups is 1. The number of fused-ring (bicyclic) bond motifs is 1. The lowest BCUT2D eigenvalue weighted by molar-refractivity contribution is -0.384. The zero-order valence-corrected chi connectivity index (χ0v) is 16.0. The predicted octanol–water partition coefficient (Wildman–Crippen LogP) is 1.70. The highest BCUT2D eigenvalue weighted by Gasteiger charge is 2.53. The summed E-state index contributed by atoms with van der Waals surface area (Å²) in [6, 6.07) is 6.15. The van der Waals surface area contributed by atoms with E-state index in [-0.39, 0.29) is 28.4 Å². The lowest BCUT2D eigenvalue weighted by Gasteiger charge is -2.38. The number of carbonyl (C=O) groups excluding carboxylic acids is 2. The first-order valence-corrected chi connectivity index (χ1v) is 10.1. The number of carbonyl (C=O) groups is 2. The molecule has 3 aliphatic heterocycles. The number of piperazine rings is 1. The van der Waals surface area contributed by atoms with Gasteiger partial charge in [-0.05, 0) is 25.5 Å². The van der Waals surface area contributed by atoms with Gasteiger partial charge in [-0.3, -0.25) is 19.7 Å². The second-order valence-electron chi connectivity index (χ2n) is 7.35. The van der Waals surface area contributed by atoms with Crippen molar-refractivity contribution in [3.05, 3.63) is 34.4 Å². The number of anilines is 1. The van der Waals surface area contributed by atoms with Crippen LogP contribution in [0.4, 0.5) is 11.4 Å². The van der Waals surface area contributed by atoms with E-state index in [4.69, 9.17) is 0 Å². The Morgan fingerprint density at radius 3 is 2.52 bits per heavy atom. The van der Waals surface area contributed by atoms with Gasteiger partial charge in [0.2, 0.25) is 11.8 Å². The van der Waals surface area contributed by atoms with Crippen molar-refractivity contribution in [1.82, 2.24) is 9.80 Å². The van der Waals surface area contributed by atoms with Crippen LogP contribution in [-0.2, 0) is 9.59 Å². The maximum atomic E-state index is 13.0. The summed E-state index contributed by atoms with van der Waals surface area (Å²) in [5.74, 6) is 0.805. The van der Waals surface area contributed by atoms with Crippen LogP contribution in [0.25, 0.3) is 0 Å². The molecular formula is C18H22N4O4S. The standard InChI is InChI=1S/C18H22N4O4S/c1-18-7-6-16(23)21(18)15(12-27-18)17(24)20-10-8-19(9-11-20)13-2-4-14(5-3-13)22(25)26/h2-5,15H,6-12H2,1H3. The van der Waals surface area contributed by atoms with Gasteiger partial charge < -0.3 is 14.7 Å². The third kappa shape index (κ3) is 3.13. The number of hydrogen-bond donors (Lipinski definition) is 0. The van der Waals surface area contributed by atoms with Crippen LogP contribution in [-0.4, -0.2) is 69.4 Å². The second-order valence-corrected chi connectivity index (χ2v) is 8.85. The summed E-state index contributed by atoms with van der Waals surface area (Å²) in [6.45, 7) is 4.59. The van der Waals surface area contributed by atoms with Crippen molar-refractivity contribution in [2.75, 3.05) is 36.8 Å². The number of benzene rings is 1. The highest BCUT2D eigenvalue weighted by Crippen LogP contribution is 2.47. The van der Waals surface area contributed by atoms with Crippen molar-refractivity contribution < 1.29 is 14.5 Å². The fourth-order valence-electron chi connectivity index (χ4n) is 4.18. The molecule has 0 saturated carbocycles. The number of amides is 2. The van der Waals surface area contributed by atoms with Gasteiger partial charge in [0.15, 0.2) is 0 Å². The van der Waals surface area contributed by atoms with Gasteiger partial charge in [0, 0.05) is 56.2 Å². The van der Waals surface area contributed by atoms with Crippen molar-refractivity contribution in [2.45, 2.75) is 30.7 Å². The number of nitrogens with zero attached hydrogens (tertiary/aromatic N) is 4. The minimum Gasteiger partial charge on any atom is -0.368 e. The second kappa shape index (κ2) is 6.70. The van der Waals surface area contributed by atoms with E-state index in [2.05, 4.69) is 11.8 Å². The Labute approximate surface area is 161 Å². The van der Waals surface area contributed by atoms with Gasteiger partial charge in [-0.1, -0.05) is 0 Å². The molecule has 0 bridgehead atoms. The minimum absolute atomic E-state index is 0.0461. The molecule has 2 amide bonds. The molecule has 2 unspecified atom stereocenters. The molecule has 0 N–H and O–H groups in total. The SMILES string of the molecule is CC12CCC(=O)N1C(C(=O)N1CCN(c3ccc([N+](=O)[O-])cc3)CC1)CS2. The Kier molecular flexibility index (Phi) is 4.49. The molecule has 0 aliphatic carbocycles. The van der Waals surface area contributed by atoms with Crippen molar-refractivity contribution >= 4 is 35.0 Å². The minimum atomic E-state index is -0.409. The van der Waals surface area contributed by atoms with Crippen LogP contribution >= 0.6 is 11.8 Å². The fraction of sp³-hybridized carbons (Fsp3) is 0.556. The first-order valence-electron chi connectivity index (χ1n) is 9.13. The number of rotatable bonds is 3. The van der Waals surface area contributed by atoms with E-state index in [0.29, 0.717) is 38.4 Å². The summed E-state index contributed by atoms with van der Waals surface area (Å²) in [4.78, 5) is 41.2. The van der Waals surface area contributed by atoms with E-state index in [1.54, 1.807) is 23.9 Å². The molecule has 0 spiro atoms. The molecule has 9 heteroatoms. The average Bonchev–Trinajstić information content (AvgIpc) is 3.17. The van der Waals surface area contributed by atoms with Crippen LogP contribution in [0.15, 0.2) is 24.3 Å². The van der Waals surface area contributed by atoms with E-state index in [0.717, 1.165) is 12.1 Å². The van der Waals surface area contributed by atoms with Gasteiger partial charge in [-0.25, -0.2) is 0 Å². The Bertz CT molecular complexity index is 778. The van der Waals surface area contributed by atoms with Crippen LogP contribution in [0, 0.1) is 10.1 Å². The van der Waals surface area contributed by atoms with Crippen LogP contribution in [0.1, 0.15) is 19.8 Å².